The molecule has 1 aromatic carbocycles. The summed E-state index contributed by atoms with van der Waals surface area (Å²) in [6.07, 6.45) is 2.19. The second-order valence-corrected chi connectivity index (χ2v) is 6.52. The molecule has 0 aliphatic carbocycles. The quantitative estimate of drug-likeness (QED) is 0.868. The van der Waals surface area contributed by atoms with Gasteiger partial charge in [0.25, 0.3) is 0 Å². The van der Waals surface area contributed by atoms with Crippen molar-refractivity contribution in [2.24, 2.45) is 5.92 Å². The Hall–Kier alpha value is -1.56. The molecule has 3 atom stereocenters. The van der Waals surface area contributed by atoms with Crippen molar-refractivity contribution < 1.29 is 19.1 Å². The van der Waals surface area contributed by atoms with Gasteiger partial charge in [-0.25, -0.2) is 4.39 Å². The maximum atomic E-state index is 13.5. The Morgan fingerprint density at radius 1 is 1.33 bits per heavy atom. The van der Waals surface area contributed by atoms with E-state index in [9.17, 15) is 19.1 Å². The molecule has 3 unspecified atom stereocenters. The molecule has 0 aromatic heterocycles. The van der Waals surface area contributed by atoms with Gasteiger partial charge in [-0.15, -0.1) is 11.8 Å². The predicted octanol–water partition coefficient (Wildman–Crippen LogP) is 2.38. The molecule has 2 aliphatic rings. The molecular weight excluding hydrogens is 293 g/mol. The third-order valence-electron chi connectivity index (χ3n) is 4.33. The number of hydrogen-bond donors (Lipinski definition) is 1. The third-order valence-corrected chi connectivity index (χ3v) is 5.36. The molecule has 0 radical (unpaired) electrons. The van der Waals surface area contributed by atoms with Gasteiger partial charge in [0.2, 0.25) is 5.91 Å². The van der Waals surface area contributed by atoms with Gasteiger partial charge >= 0.3 is 5.97 Å². The molecule has 2 saturated heterocycles. The fourth-order valence-electron chi connectivity index (χ4n) is 3.42. The number of halogens is 1. The van der Waals surface area contributed by atoms with E-state index < -0.39 is 11.9 Å². The number of hydrogen-bond acceptors (Lipinski definition) is 3. The van der Waals surface area contributed by atoms with Crippen LogP contribution in [0.4, 0.5) is 4.39 Å². The van der Waals surface area contributed by atoms with Crippen LogP contribution in [0.1, 0.15) is 19.3 Å². The number of rotatable bonds is 4. The number of fused-ring (bicyclic) bond motifs is 2. The standard InChI is InChI=1S/C15H16FNO3S/c16-11-3-1-2-4-13(11)21-8-14(18)17-9-5-6-12(17)10(7-9)15(19)20/h1-4,9-10,12H,5-8H2,(H,19,20). The lowest BCUT2D eigenvalue weighted by Gasteiger charge is -2.23. The monoisotopic (exact) mass is 309 g/mol. The lowest BCUT2D eigenvalue weighted by Crippen LogP contribution is -2.38. The van der Waals surface area contributed by atoms with Crippen molar-refractivity contribution in [3.63, 3.8) is 0 Å². The highest BCUT2D eigenvalue weighted by atomic mass is 32.2. The van der Waals surface area contributed by atoms with E-state index >= 15 is 0 Å². The summed E-state index contributed by atoms with van der Waals surface area (Å²) in [5.74, 6) is -1.52. The van der Waals surface area contributed by atoms with Crippen LogP contribution >= 0.6 is 11.8 Å². The summed E-state index contributed by atoms with van der Waals surface area (Å²) in [7, 11) is 0. The normalized spacial score (nSPS) is 27.1. The van der Waals surface area contributed by atoms with Crippen LogP contribution in [0.3, 0.4) is 0 Å². The van der Waals surface area contributed by atoms with Crippen molar-refractivity contribution >= 4 is 23.6 Å². The Labute approximate surface area is 126 Å². The molecule has 1 amide bonds. The number of aliphatic carboxylic acids is 1. The maximum absolute atomic E-state index is 13.5. The molecule has 2 heterocycles. The minimum absolute atomic E-state index is 0.0461. The van der Waals surface area contributed by atoms with Crippen LogP contribution in [-0.4, -0.2) is 39.7 Å². The van der Waals surface area contributed by atoms with E-state index in [-0.39, 0.29) is 29.6 Å². The van der Waals surface area contributed by atoms with Crippen LogP contribution in [-0.2, 0) is 9.59 Å². The van der Waals surface area contributed by atoms with Gasteiger partial charge in [0.1, 0.15) is 5.82 Å². The molecule has 2 fully saturated rings. The van der Waals surface area contributed by atoms with Gasteiger partial charge in [-0.05, 0) is 31.4 Å². The van der Waals surface area contributed by atoms with Crippen LogP contribution in [0, 0.1) is 11.7 Å². The molecular formula is C15H16FNO3S. The second-order valence-electron chi connectivity index (χ2n) is 5.50. The lowest BCUT2D eigenvalue weighted by molar-refractivity contribution is -0.143. The van der Waals surface area contributed by atoms with Gasteiger partial charge in [0, 0.05) is 17.0 Å². The number of carboxylic acids is 1. The number of amides is 1. The Morgan fingerprint density at radius 3 is 2.76 bits per heavy atom. The van der Waals surface area contributed by atoms with Gasteiger partial charge in [-0.3, -0.25) is 9.59 Å². The second kappa shape index (κ2) is 5.67. The largest absolute Gasteiger partial charge is 0.481 e. The zero-order valence-electron chi connectivity index (χ0n) is 11.4. The molecule has 112 valence electrons. The van der Waals surface area contributed by atoms with Crippen molar-refractivity contribution in [3.05, 3.63) is 30.1 Å². The molecule has 0 saturated carbocycles. The SMILES string of the molecule is O=C(O)C1CC2CCC1N2C(=O)CSc1ccccc1F. The van der Waals surface area contributed by atoms with Gasteiger partial charge in [0.15, 0.2) is 0 Å². The van der Waals surface area contributed by atoms with E-state index in [2.05, 4.69) is 0 Å². The van der Waals surface area contributed by atoms with Crippen molar-refractivity contribution in [2.45, 2.75) is 36.2 Å². The van der Waals surface area contributed by atoms with E-state index in [1.54, 1.807) is 23.1 Å². The summed E-state index contributed by atoms with van der Waals surface area (Å²) in [4.78, 5) is 25.7. The summed E-state index contributed by atoms with van der Waals surface area (Å²) in [6.45, 7) is 0. The highest BCUT2D eigenvalue weighted by Crippen LogP contribution is 2.42. The molecule has 2 bridgehead atoms. The summed E-state index contributed by atoms with van der Waals surface area (Å²) in [6, 6.07) is 6.22. The highest BCUT2D eigenvalue weighted by Gasteiger charge is 2.51. The fraction of sp³-hybridized carbons (Fsp3) is 0.467. The first kappa shape index (κ1) is 14.4. The lowest BCUT2D eigenvalue weighted by atomic mass is 9.89. The number of carbonyl (C=O) groups excluding carboxylic acids is 1. The molecule has 1 N–H and O–H groups in total. The number of carbonyl (C=O) groups is 2. The molecule has 6 heteroatoms. The minimum atomic E-state index is -0.818. The number of nitrogens with zero attached hydrogens (tertiary/aromatic N) is 1. The molecule has 4 nitrogen and oxygen atoms in total. The summed E-state index contributed by atoms with van der Waals surface area (Å²) in [5, 5.41) is 9.19. The smallest absolute Gasteiger partial charge is 0.308 e. The van der Waals surface area contributed by atoms with E-state index in [1.165, 1.54) is 17.8 Å². The number of benzene rings is 1. The average Bonchev–Trinajstić information content (AvgIpc) is 3.04. The summed E-state index contributed by atoms with van der Waals surface area (Å²) < 4.78 is 13.5. The first-order valence-electron chi connectivity index (χ1n) is 6.99. The van der Waals surface area contributed by atoms with Crippen molar-refractivity contribution in [3.8, 4) is 0 Å². The molecule has 2 aliphatic heterocycles. The molecule has 1 aromatic rings. The number of thioether (sulfide) groups is 1. The Morgan fingerprint density at radius 2 is 2.10 bits per heavy atom. The Balaban J connectivity index is 1.64. The first-order valence-corrected chi connectivity index (χ1v) is 7.98. The fourth-order valence-corrected chi connectivity index (χ4v) is 4.23. The van der Waals surface area contributed by atoms with Gasteiger partial charge in [-0.1, -0.05) is 12.1 Å². The number of carboxylic acid groups (broad SMARTS) is 1. The van der Waals surface area contributed by atoms with Crippen molar-refractivity contribution in [1.29, 1.82) is 0 Å². The van der Waals surface area contributed by atoms with Crippen LogP contribution in [0.5, 0.6) is 0 Å². The third kappa shape index (κ3) is 2.64. The van der Waals surface area contributed by atoms with Gasteiger partial charge in [0.05, 0.1) is 11.7 Å². The maximum Gasteiger partial charge on any atom is 0.308 e. The molecule has 3 rings (SSSR count). The van der Waals surface area contributed by atoms with Gasteiger partial charge in [-0.2, -0.15) is 0 Å². The van der Waals surface area contributed by atoms with Crippen molar-refractivity contribution in [1.82, 2.24) is 4.90 Å². The van der Waals surface area contributed by atoms with E-state index in [4.69, 9.17) is 0 Å². The summed E-state index contributed by atoms with van der Waals surface area (Å²) in [5.41, 5.74) is 0. The van der Waals surface area contributed by atoms with E-state index in [1.807, 2.05) is 0 Å². The highest BCUT2D eigenvalue weighted by molar-refractivity contribution is 8.00. The van der Waals surface area contributed by atoms with Crippen LogP contribution in [0.25, 0.3) is 0 Å². The molecule has 0 spiro atoms. The summed E-state index contributed by atoms with van der Waals surface area (Å²) >= 11 is 1.17. The van der Waals surface area contributed by atoms with E-state index in [0.717, 1.165) is 12.8 Å². The molecule has 21 heavy (non-hydrogen) atoms. The van der Waals surface area contributed by atoms with Crippen LogP contribution < -0.4 is 0 Å². The average molecular weight is 309 g/mol. The van der Waals surface area contributed by atoms with Crippen molar-refractivity contribution in [2.75, 3.05) is 5.75 Å². The topological polar surface area (TPSA) is 57.6 Å². The van der Waals surface area contributed by atoms with Gasteiger partial charge < -0.3 is 10.0 Å². The Kier molecular flexibility index (Phi) is 3.89. The van der Waals surface area contributed by atoms with E-state index in [0.29, 0.717) is 11.3 Å². The zero-order chi connectivity index (χ0) is 15.0. The first-order chi connectivity index (χ1) is 10.1. The van der Waals surface area contributed by atoms with Crippen LogP contribution in [0.2, 0.25) is 0 Å². The predicted molar refractivity (Wildman–Crippen MR) is 76.5 cm³/mol. The minimum Gasteiger partial charge on any atom is -0.481 e. The van der Waals surface area contributed by atoms with Crippen LogP contribution in [0.15, 0.2) is 29.2 Å². The Bertz CT molecular complexity index is 580. The zero-order valence-corrected chi connectivity index (χ0v) is 12.2.